The number of hydrogen-bond acceptors (Lipinski definition) is 6. The van der Waals surface area contributed by atoms with Gasteiger partial charge >= 0.3 is 0 Å². The summed E-state index contributed by atoms with van der Waals surface area (Å²) < 4.78 is 42.8. The molecule has 2 rings (SSSR count). The number of benzene rings is 2. The molecule has 30 heavy (non-hydrogen) atoms. The van der Waals surface area contributed by atoms with Crippen LogP contribution in [0.15, 0.2) is 47.4 Å². The molecule has 164 valence electrons. The van der Waals surface area contributed by atoms with E-state index in [4.69, 9.17) is 14.2 Å². The van der Waals surface area contributed by atoms with Crippen LogP contribution in [0.2, 0.25) is 0 Å². The van der Waals surface area contributed by atoms with Crippen molar-refractivity contribution >= 4 is 21.6 Å². The SMILES string of the molecule is CCN(CC)S(=O)(=O)c1ccc(OC)c(NC(=O)CCOc2ccc(OC)cc2)c1. The van der Waals surface area contributed by atoms with Gasteiger partial charge in [-0.2, -0.15) is 4.31 Å². The predicted molar refractivity (Wildman–Crippen MR) is 115 cm³/mol. The number of hydrogen-bond donors (Lipinski definition) is 1. The van der Waals surface area contributed by atoms with Crippen LogP contribution in [0.4, 0.5) is 5.69 Å². The number of ether oxygens (including phenoxy) is 3. The zero-order valence-electron chi connectivity index (χ0n) is 17.7. The molecule has 0 aliphatic rings. The second-order valence-electron chi connectivity index (χ2n) is 6.27. The molecule has 0 saturated carbocycles. The Morgan fingerprint density at radius 2 is 1.60 bits per heavy atom. The molecule has 0 radical (unpaired) electrons. The standard InChI is InChI=1S/C21H28N2O6S/c1-5-23(6-2)30(25,26)18-11-12-20(28-4)19(15-18)22-21(24)13-14-29-17-9-7-16(27-3)8-10-17/h7-12,15H,5-6,13-14H2,1-4H3,(H,22,24). The van der Waals surface area contributed by atoms with E-state index in [1.165, 1.54) is 29.6 Å². The highest BCUT2D eigenvalue weighted by Gasteiger charge is 2.23. The number of carbonyl (C=O) groups excluding carboxylic acids is 1. The summed E-state index contributed by atoms with van der Waals surface area (Å²) in [6.07, 6.45) is 0.0855. The van der Waals surface area contributed by atoms with Gasteiger partial charge in [-0.1, -0.05) is 13.8 Å². The third-order valence-corrected chi connectivity index (χ3v) is 6.49. The first-order valence-corrected chi connectivity index (χ1v) is 11.0. The zero-order valence-corrected chi connectivity index (χ0v) is 18.5. The summed E-state index contributed by atoms with van der Waals surface area (Å²) in [5, 5.41) is 2.71. The van der Waals surface area contributed by atoms with E-state index in [1.807, 2.05) is 0 Å². The number of nitrogens with one attached hydrogen (secondary N) is 1. The summed E-state index contributed by atoms with van der Waals surface area (Å²) in [6.45, 7) is 4.43. The average molecular weight is 437 g/mol. The van der Waals surface area contributed by atoms with E-state index in [0.717, 1.165) is 0 Å². The molecule has 2 aromatic rings. The van der Waals surface area contributed by atoms with Gasteiger partial charge in [-0.05, 0) is 42.5 Å². The molecule has 0 atom stereocenters. The lowest BCUT2D eigenvalue weighted by Gasteiger charge is -2.19. The van der Waals surface area contributed by atoms with Gasteiger partial charge in [0.1, 0.15) is 17.2 Å². The van der Waals surface area contributed by atoms with Gasteiger partial charge in [-0.15, -0.1) is 0 Å². The Morgan fingerprint density at radius 1 is 0.967 bits per heavy atom. The summed E-state index contributed by atoms with van der Waals surface area (Å²) in [6, 6.07) is 11.4. The highest BCUT2D eigenvalue weighted by molar-refractivity contribution is 7.89. The molecule has 1 amide bonds. The third kappa shape index (κ3) is 5.87. The molecule has 0 saturated heterocycles. The fourth-order valence-electron chi connectivity index (χ4n) is 2.80. The van der Waals surface area contributed by atoms with Crippen molar-refractivity contribution in [2.75, 3.05) is 39.2 Å². The van der Waals surface area contributed by atoms with Crippen LogP contribution < -0.4 is 19.5 Å². The van der Waals surface area contributed by atoms with Crippen molar-refractivity contribution < 1.29 is 27.4 Å². The van der Waals surface area contributed by atoms with Gasteiger partial charge in [-0.25, -0.2) is 8.42 Å². The largest absolute Gasteiger partial charge is 0.497 e. The highest BCUT2D eigenvalue weighted by atomic mass is 32.2. The minimum absolute atomic E-state index is 0.0855. The smallest absolute Gasteiger partial charge is 0.243 e. The Hall–Kier alpha value is -2.78. The first-order chi connectivity index (χ1) is 14.3. The van der Waals surface area contributed by atoms with E-state index >= 15 is 0 Å². The molecule has 9 heteroatoms. The Morgan fingerprint density at radius 3 is 2.17 bits per heavy atom. The van der Waals surface area contributed by atoms with Crippen molar-refractivity contribution in [3.05, 3.63) is 42.5 Å². The van der Waals surface area contributed by atoms with Gasteiger partial charge in [0.15, 0.2) is 0 Å². The molecule has 0 fully saturated rings. The fourth-order valence-corrected chi connectivity index (χ4v) is 4.29. The number of sulfonamides is 1. The summed E-state index contributed by atoms with van der Waals surface area (Å²) in [5.74, 6) is 1.39. The second-order valence-corrected chi connectivity index (χ2v) is 8.21. The van der Waals surface area contributed by atoms with Crippen LogP contribution in [0.5, 0.6) is 17.2 Å². The monoisotopic (exact) mass is 436 g/mol. The van der Waals surface area contributed by atoms with E-state index in [2.05, 4.69) is 5.32 Å². The lowest BCUT2D eigenvalue weighted by molar-refractivity contribution is -0.116. The minimum atomic E-state index is -3.65. The predicted octanol–water partition coefficient (Wildman–Crippen LogP) is 3.14. The topological polar surface area (TPSA) is 94.2 Å². The Kier molecular flexibility index (Phi) is 8.49. The van der Waals surface area contributed by atoms with Crippen molar-refractivity contribution in [1.29, 1.82) is 0 Å². The van der Waals surface area contributed by atoms with E-state index < -0.39 is 10.0 Å². The fraction of sp³-hybridized carbons (Fsp3) is 0.381. The zero-order chi connectivity index (χ0) is 22.1. The molecule has 0 heterocycles. The summed E-state index contributed by atoms with van der Waals surface area (Å²) in [5.41, 5.74) is 0.292. The van der Waals surface area contributed by atoms with Crippen LogP contribution in [-0.4, -0.2) is 52.5 Å². The number of amides is 1. The third-order valence-electron chi connectivity index (χ3n) is 4.45. The molecule has 1 N–H and O–H groups in total. The van der Waals surface area contributed by atoms with E-state index in [1.54, 1.807) is 45.2 Å². The van der Waals surface area contributed by atoms with Crippen LogP contribution >= 0.6 is 0 Å². The number of carbonyl (C=O) groups is 1. The van der Waals surface area contributed by atoms with Gasteiger partial charge in [0.2, 0.25) is 15.9 Å². The molecule has 0 spiro atoms. The van der Waals surface area contributed by atoms with Gasteiger partial charge in [0.05, 0.1) is 37.8 Å². The number of methoxy groups -OCH3 is 2. The van der Waals surface area contributed by atoms with Gasteiger partial charge < -0.3 is 19.5 Å². The molecule has 0 aliphatic heterocycles. The van der Waals surface area contributed by atoms with Crippen LogP contribution in [-0.2, 0) is 14.8 Å². The highest BCUT2D eigenvalue weighted by Crippen LogP contribution is 2.29. The maximum absolute atomic E-state index is 12.8. The summed E-state index contributed by atoms with van der Waals surface area (Å²) in [7, 11) is -0.617. The van der Waals surface area contributed by atoms with E-state index in [9.17, 15) is 13.2 Å². The number of nitrogens with zero attached hydrogens (tertiary/aromatic N) is 1. The van der Waals surface area contributed by atoms with Crippen molar-refractivity contribution in [2.45, 2.75) is 25.2 Å². The molecular formula is C21H28N2O6S. The van der Waals surface area contributed by atoms with Gasteiger partial charge in [-0.3, -0.25) is 4.79 Å². The lowest BCUT2D eigenvalue weighted by Crippen LogP contribution is -2.30. The molecule has 0 aliphatic carbocycles. The van der Waals surface area contributed by atoms with Crippen molar-refractivity contribution in [3.63, 3.8) is 0 Å². The van der Waals surface area contributed by atoms with Crippen molar-refractivity contribution in [1.82, 2.24) is 4.31 Å². The van der Waals surface area contributed by atoms with Gasteiger partial charge in [0, 0.05) is 13.1 Å². The second kappa shape index (κ2) is 10.8. The molecule has 8 nitrogen and oxygen atoms in total. The first kappa shape index (κ1) is 23.5. The maximum atomic E-state index is 12.8. The van der Waals surface area contributed by atoms with Crippen LogP contribution in [0.1, 0.15) is 20.3 Å². The van der Waals surface area contributed by atoms with Crippen LogP contribution in [0.25, 0.3) is 0 Å². The minimum Gasteiger partial charge on any atom is -0.497 e. The molecule has 0 unspecified atom stereocenters. The van der Waals surface area contributed by atoms with Gasteiger partial charge in [0.25, 0.3) is 0 Å². The maximum Gasteiger partial charge on any atom is 0.243 e. The quantitative estimate of drug-likeness (QED) is 0.582. The molecule has 2 aromatic carbocycles. The molecule has 0 aromatic heterocycles. The normalized spacial score (nSPS) is 11.2. The van der Waals surface area contributed by atoms with E-state index in [0.29, 0.717) is 36.0 Å². The van der Waals surface area contributed by atoms with E-state index in [-0.39, 0.29) is 23.8 Å². The Balaban J connectivity index is 2.05. The number of anilines is 1. The Bertz CT molecular complexity index is 940. The number of rotatable bonds is 11. The van der Waals surface area contributed by atoms with Crippen molar-refractivity contribution in [2.24, 2.45) is 0 Å². The molecule has 0 bridgehead atoms. The first-order valence-electron chi connectivity index (χ1n) is 9.60. The lowest BCUT2D eigenvalue weighted by atomic mass is 10.2. The van der Waals surface area contributed by atoms with Crippen molar-refractivity contribution in [3.8, 4) is 17.2 Å². The van der Waals surface area contributed by atoms with Crippen LogP contribution in [0.3, 0.4) is 0 Å². The molecular weight excluding hydrogens is 408 g/mol. The Labute approximate surface area is 177 Å². The summed E-state index contributed by atoms with van der Waals surface area (Å²) in [4.78, 5) is 12.4. The average Bonchev–Trinajstić information content (AvgIpc) is 2.74. The van der Waals surface area contributed by atoms with Crippen LogP contribution in [0, 0.1) is 0 Å². The summed E-state index contributed by atoms with van der Waals surface area (Å²) >= 11 is 0.